The number of rotatable bonds is 3. The number of phenolic OH excluding ortho intramolecular Hbond substituents is 1. The molecule has 1 amide bonds. The number of carbonyl (C=O) groups excluding carboxylic acids is 1. The van der Waals surface area contributed by atoms with Crippen molar-refractivity contribution in [1.82, 2.24) is 5.32 Å². The lowest BCUT2D eigenvalue weighted by Gasteiger charge is -2.13. The summed E-state index contributed by atoms with van der Waals surface area (Å²) in [6.45, 7) is 4.66. The summed E-state index contributed by atoms with van der Waals surface area (Å²) >= 11 is 0. The Hall–Kier alpha value is -1.55. The first-order valence-electron chi connectivity index (χ1n) is 6.40. The quantitative estimate of drug-likeness (QED) is 0.767. The number of hydrogen-bond donors (Lipinski definition) is 3. The van der Waals surface area contributed by atoms with Crippen molar-refractivity contribution in [3.8, 4) is 5.75 Å². The first-order chi connectivity index (χ1) is 8.58. The number of anilines is 1. The van der Waals surface area contributed by atoms with Crippen LogP contribution in [0.2, 0.25) is 0 Å². The second-order valence-electron chi connectivity index (χ2n) is 4.95. The molecule has 1 atom stereocenters. The van der Waals surface area contributed by atoms with Crippen LogP contribution in [0.1, 0.15) is 30.4 Å². The van der Waals surface area contributed by atoms with Gasteiger partial charge in [0.1, 0.15) is 5.75 Å². The van der Waals surface area contributed by atoms with Gasteiger partial charge in [-0.3, -0.25) is 4.79 Å². The van der Waals surface area contributed by atoms with E-state index in [1.807, 2.05) is 26.0 Å². The molecule has 1 aromatic rings. The average molecular weight is 248 g/mol. The van der Waals surface area contributed by atoms with Crippen molar-refractivity contribution < 1.29 is 9.90 Å². The van der Waals surface area contributed by atoms with E-state index in [1.165, 1.54) is 0 Å². The molecular formula is C14H20N2O2. The van der Waals surface area contributed by atoms with E-state index in [2.05, 4.69) is 10.6 Å². The van der Waals surface area contributed by atoms with E-state index in [0.717, 1.165) is 30.5 Å². The Morgan fingerprint density at radius 2 is 2.28 bits per heavy atom. The predicted octanol–water partition coefficient (Wildman–Crippen LogP) is 2.09. The summed E-state index contributed by atoms with van der Waals surface area (Å²) in [4.78, 5) is 11.9. The molecule has 1 unspecified atom stereocenters. The average Bonchev–Trinajstić information content (AvgIpc) is 2.83. The van der Waals surface area contributed by atoms with E-state index in [1.54, 1.807) is 0 Å². The minimum absolute atomic E-state index is 0.000697. The fourth-order valence-electron chi connectivity index (χ4n) is 2.33. The minimum Gasteiger partial charge on any atom is -0.507 e. The van der Waals surface area contributed by atoms with Crippen LogP contribution >= 0.6 is 0 Å². The second-order valence-corrected chi connectivity index (χ2v) is 4.95. The van der Waals surface area contributed by atoms with Gasteiger partial charge < -0.3 is 15.7 Å². The maximum Gasteiger partial charge on any atom is 0.225 e. The second kappa shape index (κ2) is 5.40. The minimum atomic E-state index is 0.000697. The summed E-state index contributed by atoms with van der Waals surface area (Å²) in [6, 6.07) is 3.94. The number of carbonyl (C=O) groups is 1. The lowest BCUT2D eigenvalue weighted by molar-refractivity contribution is -0.116. The molecule has 3 N–H and O–H groups in total. The van der Waals surface area contributed by atoms with Crippen LogP contribution in [0.5, 0.6) is 5.75 Å². The maximum absolute atomic E-state index is 11.9. The summed E-state index contributed by atoms with van der Waals surface area (Å²) in [5, 5.41) is 16.0. The zero-order valence-corrected chi connectivity index (χ0v) is 10.9. The molecule has 0 spiro atoms. The van der Waals surface area contributed by atoms with E-state index in [0.29, 0.717) is 18.2 Å². The highest BCUT2D eigenvalue weighted by Gasteiger charge is 2.18. The number of phenols is 1. The van der Waals surface area contributed by atoms with Crippen LogP contribution in [-0.4, -0.2) is 23.6 Å². The molecule has 1 fully saturated rings. The third-order valence-corrected chi connectivity index (χ3v) is 3.50. The molecule has 1 aliphatic heterocycles. The number of hydrogen-bond acceptors (Lipinski definition) is 3. The van der Waals surface area contributed by atoms with Crippen molar-refractivity contribution in [1.29, 1.82) is 0 Å². The summed E-state index contributed by atoms with van der Waals surface area (Å²) < 4.78 is 0. The van der Waals surface area contributed by atoms with Crippen molar-refractivity contribution in [3.05, 3.63) is 23.3 Å². The first kappa shape index (κ1) is 12.9. The van der Waals surface area contributed by atoms with Crippen LogP contribution < -0.4 is 10.6 Å². The standard InChI is InChI=1S/C14H20N2O2/c1-9-5-6-12(10(2)14(9)18)16-13(17)8-11-4-3-7-15-11/h5-6,11,15,18H,3-4,7-8H2,1-2H3,(H,16,17). The first-order valence-corrected chi connectivity index (χ1v) is 6.40. The normalized spacial score (nSPS) is 18.9. The van der Waals surface area contributed by atoms with E-state index in [9.17, 15) is 9.90 Å². The molecule has 4 heteroatoms. The summed E-state index contributed by atoms with van der Waals surface area (Å²) in [6.07, 6.45) is 2.70. The van der Waals surface area contributed by atoms with Crippen LogP contribution in [0.4, 0.5) is 5.69 Å². The number of nitrogens with one attached hydrogen (secondary N) is 2. The highest BCUT2D eigenvalue weighted by molar-refractivity contribution is 5.92. The molecule has 4 nitrogen and oxygen atoms in total. The van der Waals surface area contributed by atoms with Gasteiger partial charge >= 0.3 is 0 Å². The summed E-state index contributed by atoms with van der Waals surface area (Å²) in [7, 11) is 0. The van der Waals surface area contributed by atoms with Crippen molar-refractivity contribution in [3.63, 3.8) is 0 Å². The molecule has 1 heterocycles. The highest BCUT2D eigenvalue weighted by Crippen LogP contribution is 2.28. The Balaban J connectivity index is 2.00. The van der Waals surface area contributed by atoms with E-state index >= 15 is 0 Å². The van der Waals surface area contributed by atoms with Crippen LogP contribution in [0, 0.1) is 13.8 Å². The van der Waals surface area contributed by atoms with E-state index < -0.39 is 0 Å². The lowest BCUT2D eigenvalue weighted by Crippen LogP contribution is -2.27. The monoisotopic (exact) mass is 248 g/mol. The third kappa shape index (κ3) is 2.82. The molecule has 1 saturated heterocycles. The highest BCUT2D eigenvalue weighted by atomic mass is 16.3. The van der Waals surface area contributed by atoms with E-state index in [-0.39, 0.29) is 11.7 Å². The van der Waals surface area contributed by atoms with Crippen LogP contribution in [0.25, 0.3) is 0 Å². The van der Waals surface area contributed by atoms with Crippen LogP contribution in [0.3, 0.4) is 0 Å². The Morgan fingerprint density at radius 1 is 1.50 bits per heavy atom. The molecule has 0 bridgehead atoms. The van der Waals surface area contributed by atoms with Gasteiger partial charge in [0, 0.05) is 23.7 Å². The molecule has 18 heavy (non-hydrogen) atoms. The number of aryl methyl sites for hydroxylation is 1. The number of amides is 1. The van der Waals surface area contributed by atoms with Crippen molar-refractivity contribution in [2.24, 2.45) is 0 Å². The molecule has 2 rings (SSSR count). The Morgan fingerprint density at radius 3 is 2.94 bits per heavy atom. The summed E-state index contributed by atoms with van der Waals surface area (Å²) in [5.74, 6) is 0.257. The van der Waals surface area contributed by atoms with Gasteiger partial charge in [-0.2, -0.15) is 0 Å². The van der Waals surface area contributed by atoms with Gasteiger partial charge in [0.2, 0.25) is 5.91 Å². The van der Waals surface area contributed by atoms with Crippen molar-refractivity contribution >= 4 is 11.6 Å². The van der Waals surface area contributed by atoms with Gasteiger partial charge in [-0.25, -0.2) is 0 Å². The van der Waals surface area contributed by atoms with Crippen LogP contribution in [0.15, 0.2) is 12.1 Å². The molecule has 0 saturated carbocycles. The smallest absolute Gasteiger partial charge is 0.225 e. The molecule has 0 aliphatic carbocycles. The van der Waals surface area contributed by atoms with Gasteiger partial charge in [-0.05, 0) is 44.9 Å². The van der Waals surface area contributed by atoms with Crippen molar-refractivity contribution in [2.45, 2.75) is 39.2 Å². The fraction of sp³-hybridized carbons (Fsp3) is 0.500. The van der Waals surface area contributed by atoms with Gasteiger partial charge in [0.25, 0.3) is 0 Å². The summed E-state index contributed by atoms with van der Waals surface area (Å²) in [5.41, 5.74) is 2.24. The van der Waals surface area contributed by atoms with Crippen LogP contribution in [-0.2, 0) is 4.79 Å². The zero-order chi connectivity index (χ0) is 13.1. The molecule has 1 aliphatic rings. The number of benzene rings is 1. The predicted molar refractivity (Wildman–Crippen MR) is 71.9 cm³/mol. The maximum atomic E-state index is 11.9. The lowest BCUT2D eigenvalue weighted by atomic mass is 10.1. The largest absolute Gasteiger partial charge is 0.507 e. The SMILES string of the molecule is Cc1ccc(NC(=O)CC2CCCN2)c(C)c1O. The van der Waals surface area contributed by atoms with Gasteiger partial charge in [0.15, 0.2) is 0 Å². The Bertz CT molecular complexity index is 451. The molecule has 0 aromatic heterocycles. The van der Waals surface area contributed by atoms with Gasteiger partial charge in [-0.1, -0.05) is 6.07 Å². The number of aromatic hydroxyl groups is 1. The molecular weight excluding hydrogens is 228 g/mol. The Labute approximate surface area is 107 Å². The topological polar surface area (TPSA) is 61.4 Å². The third-order valence-electron chi connectivity index (χ3n) is 3.50. The molecule has 0 radical (unpaired) electrons. The molecule has 98 valence electrons. The van der Waals surface area contributed by atoms with Gasteiger partial charge in [0.05, 0.1) is 0 Å². The van der Waals surface area contributed by atoms with Crippen molar-refractivity contribution in [2.75, 3.05) is 11.9 Å². The van der Waals surface area contributed by atoms with E-state index in [4.69, 9.17) is 0 Å². The Kier molecular flexibility index (Phi) is 3.87. The molecule has 1 aromatic carbocycles. The fourth-order valence-corrected chi connectivity index (χ4v) is 2.33. The zero-order valence-electron chi connectivity index (χ0n) is 10.9. The van der Waals surface area contributed by atoms with Gasteiger partial charge in [-0.15, -0.1) is 0 Å².